The Morgan fingerprint density at radius 3 is 2.46 bits per heavy atom. The monoisotopic (exact) mass is 523 g/mol. The van der Waals surface area contributed by atoms with E-state index in [-0.39, 0.29) is 49.1 Å². The molecule has 1 aromatic heterocycles. The number of amides is 3. The summed E-state index contributed by atoms with van der Waals surface area (Å²) in [5.41, 5.74) is 1.50. The van der Waals surface area contributed by atoms with E-state index >= 15 is 0 Å². The second kappa shape index (κ2) is 11.3. The Balaban J connectivity index is 1.46. The lowest BCUT2D eigenvalue weighted by Gasteiger charge is -2.28. The molecule has 0 saturated carbocycles. The molecule has 8 nitrogen and oxygen atoms in total. The van der Waals surface area contributed by atoms with Gasteiger partial charge in [0, 0.05) is 11.4 Å². The number of thiophene rings is 1. The van der Waals surface area contributed by atoms with Crippen molar-refractivity contribution in [3.8, 4) is 10.4 Å². The summed E-state index contributed by atoms with van der Waals surface area (Å²) in [4.78, 5) is 56.5. The van der Waals surface area contributed by atoms with Crippen LogP contribution in [0.3, 0.4) is 0 Å². The van der Waals surface area contributed by atoms with Crippen LogP contribution in [-0.2, 0) is 14.3 Å². The normalized spacial score (nSPS) is 17.7. The van der Waals surface area contributed by atoms with Crippen molar-refractivity contribution in [3.05, 3.63) is 59.1 Å². The average molecular weight is 524 g/mol. The molecule has 1 N–H and O–H groups in total. The minimum atomic E-state index is -0.836. The minimum absolute atomic E-state index is 0.129. The summed E-state index contributed by atoms with van der Waals surface area (Å²) in [6.07, 6.45) is 1.57. The SMILES string of the molecule is CC(C)COC(=O)N1CC(=O)C2C1=CCN2C(=O)C(CC(C)C)NC(=O)c1ccc(-c2ccccc2)s1. The van der Waals surface area contributed by atoms with Crippen molar-refractivity contribution >= 4 is 35.0 Å². The summed E-state index contributed by atoms with van der Waals surface area (Å²) < 4.78 is 5.31. The molecular weight excluding hydrogens is 490 g/mol. The van der Waals surface area contributed by atoms with Crippen LogP contribution in [0.4, 0.5) is 4.79 Å². The second-order valence-electron chi connectivity index (χ2n) is 10.2. The lowest BCUT2D eigenvalue weighted by molar-refractivity contribution is -0.137. The highest BCUT2D eigenvalue weighted by Gasteiger charge is 2.48. The molecule has 0 aliphatic carbocycles. The highest BCUT2D eigenvalue weighted by Crippen LogP contribution is 2.31. The third kappa shape index (κ3) is 5.93. The lowest BCUT2D eigenvalue weighted by atomic mass is 10.0. The molecule has 2 atom stereocenters. The highest BCUT2D eigenvalue weighted by molar-refractivity contribution is 7.17. The van der Waals surface area contributed by atoms with Crippen LogP contribution in [0.25, 0.3) is 10.4 Å². The first-order valence-electron chi connectivity index (χ1n) is 12.6. The van der Waals surface area contributed by atoms with Crippen LogP contribution in [0, 0.1) is 11.8 Å². The summed E-state index contributed by atoms with van der Waals surface area (Å²) >= 11 is 1.37. The number of ketones is 1. The highest BCUT2D eigenvalue weighted by atomic mass is 32.1. The lowest BCUT2D eigenvalue weighted by Crippen LogP contribution is -2.52. The largest absolute Gasteiger partial charge is 0.449 e. The Hall–Kier alpha value is -3.46. The molecule has 0 radical (unpaired) electrons. The molecule has 0 bridgehead atoms. The number of Topliss-reactive ketones (excluding diaryl/α,β-unsaturated/α-hetero) is 1. The van der Waals surface area contributed by atoms with Gasteiger partial charge in [-0.3, -0.25) is 19.3 Å². The molecule has 2 unspecified atom stereocenters. The number of hydrogen-bond donors (Lipinski definition) is 1. The maximum absolute atomic E-state index is 13.6. The van der Waals surface area contributed by atoms with Gasteiger partial charge < -0.3 is 15.0 Å². The molecule has 1 aromatic carbocycles. The van der Waals surface area contributed by atoms with Crippen LogP contribution in [0.1, 0.15) is 43.8 Å². The Labute approximate surface area is 221 Å². The Kier molecular flexibility index (Phi) is 8.12. The number of hydrogen-bond acceptors (Lipinski definition) is 6. The summed E-state index contributed by atoms with van der Waals surface area (Å²) in [6, 6.07) is 11.8. The first-order chi connectivity index (χ1) is 17.7. The Bertz CT molecular complexity index is 1200. The van der Waals surface area contributed by atoms with E-state index in [9.17, 15) is 19.2 Å². The van der Waals surface area contributed by atoms with Crippen LogP contribution >= 0.6 is 11.3 Å². The van der Waals surface area contributed by atoms with E-state index in [0.717, 1.165) is 10.4 Å². The first kappa shape index (κ1) is 26.6. The number of carbonyl (C=O) groups excluding carboxylic acids is 4. The predicted molar refractivity (Wildman–Crippen MR) is 142 cm³/mol. The zero-order valence-corrected chi connectivity index (χ0v) is 22.4. The van der Waals surface area contributed by atoms with Gasteiger partial charge in [-0.05, 0) is 42.0 Å². The van der Waals surface area contributed by atoms with Crippen molar-refractivity contribution in [2.24, 2.45) is 11.8 Å². The van der Waals surface area contributed by atoms with Gasteiger partial charge in [0.1, 0.15) is 12.1 Å². The molecule has 3 heterocycles. The summed E-state index contributed by atoms with van der Waals surface area (Å²) in [5.74, 6) is -0.589. The summed E-state index contributed by atoms with van der Waals surface area (Å²) in [5, 5.41) is 2.91. The van der Waals surface area contributed by atoms with Gasteiger partial charge in [-0.1, -0.05) is 58.0 Å². The van der Waals surface area contributed by atoms with Gasteiger partial charge in [0.2, 0.25) is 5.91 Å². The van der Waals surface area contributed by atoms with Gasteiger partial charge in [0.05, 0.1) is 23.7 Å². The van der Waals surface area contributed by atoms with Gasteiger partial charge in [-0.25, -0.2) is 4.79 Å². The van der Waals surface area contributed by atoms with Crippen molar-refractivity contribution in [2.75, 3.05) is 19.7 Å². The molecule has 2 aliphatic heterocycles. The van der Waals surface area contributed by atoms with Crippen LogP contribution in [0.15, 0.2) is 54.2 Å². The first-order valence-corrected chi connectivity index (χ1v) is 13.4. The van der Waals surface area contributed by atoms with Gasteiger partial charge in [0.25, 0.3) is 5.91 Å². The molecule has 2 aromatic rings. The van der Waals surface area contributed by atoms with Crippen molar-refractivity contribution in [2.45, 2.75) is 46.2 Å². The number of nitrogens with zero attached hydrogens (tertiary/aromatic N) is 2. The number of likely N-dealkylation sites (tertiary alicyclic amines) is 1. The predicted octanol–water partition coefficient (Wildman–Crippen LogP) is 4.33. The maximum atomic E-state index is 13.6. The van der Waals surface area contributed by atoms with Gasteiger partial charge in [-0.15, -0.1) is 11.3 Å². The van der Waals surface area contributed by atoms with E-state index in [0.29, 0.717) is 17.0 Å². The number of fused-ring (bicyclic) bond motifs is 1. The third-order valence-electron chi connectivity index (χ3n) is 6.26. The molecule has 4 rings (SSSR count). The van der Waals surface area contributed by atoms with Gasteiger partial charge >= 0.3 is 6.09 Å². The van der Waals surface area contributed by atoms with E-state index in [1.54, 1.807) is 12.1 Å². The Morgan fingerprint density at radius 2 is 1.78 bits per heavy atom. The molecule has 3 amide bonds. The fraction of sp³-hybridized carbons (Fsp3) is 0.429. The average Bonchev–Trinajstić information content (AvgIpc) is 3.59. The molecule has 2 aliphatic rings. The summed E-state index contributed by atoms with van der Waals surface area (Å²) in [7, 11) is 0. The molecule has 1 fully saturated rings. The number of ether oxygens (including phenoxy) is 1. The smallest absolute Gasteiger partial charge is 0.414 e. The zero-order chi connectivity index (χ0) is 26.7. The molecule has 37 heavy (non-hydrogen) atoms. The van der Waals surface area contributed by atoms with E-state index < -0.39 is 18.2 Å². The van der Waals surface area contributed by atoms with Crippen molar-refractivity contribution in [1.29, 1.82) is 0 Å². The van der Waals surface area contributed by atoms with Crippen LogP contribution in [-0.4, -0.2) is 65.3 Å². The van der Waals surface area contributed by atoms with Crippen molar-refractivity contribution < 1.29 is 23.9 Å². The molecule has 9 heteroatoms. The number of carbonyl (C=O) groups is 4. The molecule has 196 valence electrons. The maximum Gasteiger partial charge on any atom is 0.414 e. The number of benzene rings is 1. The Morgan fingerprint density at radius 1 is 1.05 bits per heavy atom. The van der Waals surface area contributed by atoms with E-state index in [2.05, 4.69) is 5.32 Å². The van der Waals surface area contributed by atoms with Crippen LogP contribution in [0.2, 0.25) is 0 Å². The van der Waals surface area contributed by atoms with Gasteiger partial charge in [-0.2, -0.15) is 0 Å². The second-order valence-corrected chi connectivity index (χ2v) is 11.3. The minimum Gasteiger partial charge on any atom is -0.449 e. The van der Waals surface area contributed by atoms with Crippen molar-refractivity contribution in [1.82, 2.24) is 15.1 Å². The van der Waals surface area contributed by atoms with Gasteiger partial charge in [0.15, 0.2) is 5.78 Å². The fourth-order valence-electron chi connectivity index (χ4n) is 4.54. The van der Waals surface area contributed by atoms with Crippen LogP contribution in [0.5, 0.6) is 0 Å². The van der Waals surface area contributed by atoms with Crippen molar-refractivity contribution in [3.63, 3.8) is 0 Å². The van der Waals surface area contributed by atoms with Crippen LogP contribution < -0.4 is 5.32 Å². The topological polar surface area (TPSA) is 96.0 Å². The fourth-order valence-corrected chi connectivity index (χ4v) is 5.46. The van der Waals surface area contributed by atoms with E-state index in [1.807, 2.05) is 64.1 Å². The standard InChI is InChI=1S/C28H33N3O5S/c1-17(2)14-20(29-26(33)24-11-10-23(37-24)19-8-6-5-7-9-19)27(34)30-13-12-21-25(30)22(32)15-31(21)28(35)36-16-18(3)4/h5-12,17-18,20,25H,13-16H2,1-4H3,(H,29,33). The quantitative estimate of drug-likeness (QED) is 0.556. The number of rotatable bonds is 8. The number of nitrogens with one attached hydrogen (secondary N) is 1. The zero-order valence-electron chi connectivity index (χ0n) is 21.6. The molecule has 0 spiro atoms. The van der Waals surface area contributed by atoms with E-state index in [4.69, 9.17) is 4.74 Å². The summed E-state index contributed by atoms with van der Waals surface area (Å²) in [6.45, 7) is 8.14. The van der Waals surface area contributed by atoms with E-state index in [1.165, 1.54) is 21.1 Å². The third-order valence-corrected chi connectivity index (χ3v) is 7.39. The molecular formula is C28H33N3O5S. The molecule has 1 saturated heterocycles.